The molecule has 0 atom stereocenters. The molecule has 0 N–H and O–H groups in total. The van der Waals surface area contributed by atoms with Crippen LogP contribution in [0.5, 0.6) is 5.75 Å². The summed E-state index contributed by atoms with van der Waals surface area (Å²) in [7, 11) is 1.57. The number of methoxy groups -OCH3 is 1. The fraction of sp³-hybridized carbons (Fsp3) is 0.222. The molecular formula is C18H15N3O2S. The quantitative estimate of drug-likeness (QED) is 0.610. The first-order valence-corrected chi connectivity index (χ1v) is 8.11. The van der Waals surface area contributed by atoms with Gasteiger partial charge in [-0.15, -0.1) is 0 Å². The molecule has 1 aromatic heterocycles. The van der Waals surface area contributed by atoms with E-state index in [9.17, 15) is 10.1 Å². The van der Waals surface area contributed by atoms with Crippen molar-refractivity contribution in [3.05, 3.63) is 41.1 Å². The first kappa shape index (κ1) is 17.5. The molecule has 0 spiro atoms. The lowest BCUT2D eigenvalue weighted by atomic mass is 9.93. The zero-order chi connectivity index (χ0) is 17.7. The van der Waals surface area contributed by atoms with Crippen molar-refractivity contribution in [2.75, 3.05) is 12.9 Å². The highest BCUT2D eigenvalue weighted by Gasteiger charge is 2.22. The molecule has 0 radical (unpaired) electrons. The second-order valence-corrected chi connectivity index (χ2v) is 5.93. The van der Waals surface area contributed by atoms with E-state index in [1.54, 1.807) is 38.3 Å². The Morgan fingerprint density at radius 3 is 2.46 bits per heavy atom. The van der Waals surface area contributed by atoms with Crippen molar-refractivity contribution in [3.63, 3.8) is 0 Å². The molecule has 0 aliphatic carbocycles. The molecule has 24 heavy (non-hydrogen) atoms. The Labute approximate surface area is 144 Å². The number of carbonyl (C=O) groups excluding carboxylic acids is 1. The number of ether oxygens (including phenoxy) is 1. The lowest BCUT2D eigenvalue weighted by Crippen LogP contribution is -2.07. The van der Waals surface area contributed by atoms with Crippen LogP contribution in [0.25, 0.3) is 11.1 Å². The van der Waals surface area contributed by atoms with E-state index < -0.39 is 0 Å². The summed E-state index contributed by atoms with van der Waals surface area (Å²) in [5.74, 6) is 0.716. The summed E-state index contributed by atoms with van der Waals surface area (Å²) in [5.41, 5.74) is 2.59. The van der Waals surface area contributed by atoms with Crippen LogP contribution in [0.2, 0.25) is 0 Å². The Bertz CT molecular complexity index is 862. The zero-order valence-corrected chi connectivity index (χ0v) is 14.4. The van der Waals surface area contributed by atoms with Crippen LogP contribution in [0.4, 0.5) is 0 Å². The molecule has 0 unspecified atom stereocenters. The van der Waals surface area contributed by atoms with Crippen molar-refractivity contribution in [1.82, 2.24) is 4.98 Å². The van der Waals surface area contributed by atoms with Crippen molar-refractivity contribution in [3.8, 4) is 29.0 Å². The molecule has 6 heteroatoms. The number of thioether (sulfide) groups is 1. The van der Waals surface area contributed by atoms with Gasteiger partial charge in [0.1, 0.15) is 16.8 Å². The highest BCUT2D eigenvalue weighted by atomic mass is 32.2. The van der Waals surface area contributed by atoms with Crippen molar-refractivity contribution in [1.29, 1.82) is 10.5 Å². The summed E-state index contributed by atoms with van der Waals surface area (Å²) in [6.07, 6.45) is 0. The Morgan fingerprint density at radius 2 is 1.96 bits per heavy atom. The Balaban J connectivity index is 2.78. The molecule has 5 nitrogen and oxygen atoms in total. The summed E-state index contributed by atoms with van der Waals surface area (Å²) >= 11 is 1.19. The molecule has 0 saturated carbocycles. The summed E-state index contributed by atoms with van der Waals surface area (Å²) in [5, 5.41) is 18.9. The third kappa shape index (κ3) is 3.40. The number of aryl methyl sites for hydroxylation is 1. The topological polar surface area (TPSA) is 86.8 Å². The standard InChI is InChI=1S/C18H15N3O2S/c1-11-16(12(2)22)17(13-4-6-14(23-3)7-5-13)15(10-20)18(21-11)24-9-8-19/h4-7H,9H2,1-3H3. The van der Waals surface area contributed by atoms with Crippen LogP contribution >= 0.6 is 11.8 Å². The van der Waals surface area contributed by atoms with Gasteiger partial charge in [-0.3, -0.25) is 4.79 Å². The van der Waals surface area contributed by atoms with E-state index in [0.717, 1.165) is 5.56 Å². The average molecular weight is 337 g/mol. The molecule has 0 saturated heterocycles. The van der Waals surface area contributed by atoms with Crippen LogP contribution in [0.1, 0.15) is 28.5 Å². The van der Waals surface area contributed by atoms with Gasteiger partial charge in [0.05, 0.1) is 30.2 Å². The Kier molecular flexibility index (Phi) is 5.57. The molecule has 0 aliphatic rings. The van der Waals surface area contributed by atoms with E-state index in [1.807, 2.05) is 6.07 Å². The molecular weight excluding hydrogens is 322 g/mol. The number of nitrogens with zero attached hydrogens (tertiary/aromatic N) is 3. The van der Waals surface area contributed by atoms with E-state index in [1.165, 1.54) is 18.7 Å². The van der Waals surface area contributed by atoms with Gasteiger partial charge in [-0.2, -0.15) is 10.5 Å². The van der Waals surface area contributed by atoms with Crippen LogP contribution in [-0.2, 0) is 0 Å². The van der Waals surface area contributed by atoms with Gasteiger partial charge in [0, 0.05) is 11.1 Å². The van der Waals surface area contributed by atoms with Gasteiger partial charge >= 0.3 is 0 Å². The minimum absolute atomic E-state index is 0.154. The average Bonchev–Trinajstić information content (AvgIpc) is 2.58. The van der Waals surface area contributed by atoms with Crippen molar-refractivity contribution >= 4 is 17.5 Å². The third-order valence-corrected chi connectivity index (χ3v) is 4.30. The van der Waals surface area contributed by atoms with Crippen LogP contribution in [0, 0.1) is 29.6 Å². The first-order valence-electron chi connectivity index (χ1n) is 7.13. The van der Waals surface area contributed by atoms with E-state index in [-0.39, 0.29) is 11.5 Å². The van der Waals surface area contributed by atoms with Gasteiger partial charge in [-0.1, -0.05) is 23.9 Å². The predicted octanol–water partition coefficient (Wildman–Crippen LogP) is 3.76. The van der Waals surface area contributed by atoms with Gasteiger partial charge in [-0.05, 0) is 31.5 Å². The van der Waals surface area contributed by atoms with Crippen LogP contribution < -0.4 is 4.74 Å². The number of aromatic nitrogens is 1. The monoisotopic (exact) mass is 337 g/mol. The minimum Gasteiger partial charge on any atom is -0.497 e. The minimum atomic E-state index is -0.154. The molecule has 1 heterocycles. The van der Waals surface area contributed by atoms with E-state index in [0.29, 0.717) is 33.2 Å². The second kappa shape index (κ2) is 7.63. The fourth-order valence-corrected chi connectivity index (χ4v) is 3.16. The molecule has 1 aromatic carbocycles. The van der Waals surface area contributed by atoms with Gasteiger partial charge in [-0.25, -0.2) is 4.98 Å². The number of nitriles is 2. The van der Waals surface area contributed by atoms with E-state index >= 15 is 0 Å². The number of pyridine rings is 1. The number of rotatable bonds is 5. The van der Waals surface area contributed by atoms with Gasteiger partial charge in [0.15, 0.2) is 5.78 Å². The number of hydrogen-bond donors (Lipinski definition) is 0. The lowest BCUT2D eigenvalue weighted by molar-refractivity contribution is 0.101. The Hall–Kier alpha value is -2.83. The van der Waals surface area contributed by atoms with Crippen molar-refractivity contribution in [2.24, 2.45) is 0 Å². The SMILES string of the molecule is COc1ccc(-c2c(C#N)c(SCC#N)nc(C)c2C(C)=O)cc1. The van der Waals surface area contributed by atoms with Crippen LogP contribution in [-0.4, -0.2) is 23.6 Å². The molecule has 0 fully saturated rings. The molecule has 120 valence electrons. The van der Waals surface area contributed by atoms with Crippen LogP contribution in [0.15, 0.2) is 29.3 Å². The number of ketones is 1. The highest BCUT2D eigenvalue weighted by Crippen LogP contribution is 2.35. The number of carbonyl (C=O) groups is 1. The van der Waals surface area contributed by atoms with E-state index in [2.05, 4.69) is 11.1 Å². The largest absolute Gasteiger partial charge is 0.497 e. The maximum Gasteiger partial charge on any atom is 0.162 e. The lowest BCUT2D eigenvalue weighted by Gasteiger charge is -2.15. The van der Waals surface area contributed by atoms with Gasteiger partial charge < -0.3 is 4.74 Å². The molecule has 2 aromatic rings. The second-order valence-electron chi connectivity index (χ2n) is 4.97. The van der Waals surface area contributed by atoms with E-state index in [4.69, 9.17) is 10.00 Å². The third-order valence-electron chi connectivity index (χ3n) is 3.46. The fourth-order valence-electron chi connectivity index (χ4n) is 2.46. The van der Waals surface area contributed by atoms with Gasteiger partial charge in [0.25, 0.3) is 0 Å². The zero-order valence-electron chi connectivity index (χ0n) is 13.6. The number of Topliss-reactive ketones (excluding diaryl/α,β-unsaturated/α-hetero) is 1. The highest BCUT2D eigenvalue weighted by molar-refractivity contribution is 7.99. The molecule has 0 aliphatic heterocycles. The molecule has 2 rings (SSSR count). The van der Waals surface area contributed by atoms with Crippen molar-refractivity contribution in [2.45, 2.75) is 18.9 Å². The predicted molar refractivity (Wildman–Crippen MR) is 92.0 cm³/mol. The summed E-state index contributed by atoms with van der Waals surface area (Å²) in [6, 6.07) is 11.3. The van der Waals surface area contributed by atoms with Crippen molar-refractivity contribution < 1.29 is 9.53 Å². The normalized spacial score (nSPS) is 9.88. The molecule has 0 amide bonds. The summed E-state index contributed by atoms with van der Waals surface area (Å²) in [4.78, 5) is 16.5. The first-order chi connectivity index (χ1) is 11.5. The summed E-state index contributed by atoms with van der Waals surface area (Å²) < 4.78 is 5.16. The maximum atomic E-state index is 12.1. The van der Waals surface area contributed by atoms with Gasteiger partial charge in [0.2, 0.25) is 0 Å². The molecule has 0 bridgehead atoms. The number of hydrogen-bond acceptors (Lipinski definition) is 6. The smallest absolute Gasteiger partial charge is 0.162 e. The maximum absolute atomic E-state index is 12.1. The summed E-state index contributed by atoms with van der Waals surface area (Å²) in [6.45, 7) is 3.20. The Morgan fingerprint density at radius 1 is 1.29 bits per heavy atom. The van der Waals surface area contributed by atoms with Crippen LogP contribution in [0.3, 0.4) is 0 Å². The number of benzene rings is 1.